The van der Waals surface area contributed by atoms with Crippen molar-refractivity contribution in [1.82, 2.24) is 0 Å². The Bertz CT molecular complexity index is 259. The van der Waals surface area contributed by atoms with Crippen molar-refractivity contribution in [2.45, 2.75) is 53.3 Å². The Morgan fingerprint density at radius 2 is 1.33 bits per heavy atom. The van der Waals surface area contributed by atoms with Crippen LogP contribution in [0, 0.1) is 22.7 Å². The van der Waals surface area contributed by atoms with Crippen molar-refractivity contribution in [2.24, 2.45) is 22.7 Å². The lowest BCUT2D eigenvalue weighted by molar-refractivity contribution is -0.104. The van der Waals surface area contributed by atoms with E-state index >= 15 is 0 Å². The molecule has 0 saturated heterocycles. The second-order valence-corrected chi connectivity index (χ2v) is 5.47. The fourth-order valence-corrected chi connectivity index (χ4v) is 3.34. The highest BCUT2D eigenvalue weighted by molar-refractivity contribution is 5.03. The van der Waals surface area contributed by atoms with E-state index in [1.807, 2.05) is 6.92 Å². The summed E-state index contributed by atoms with van der Waals surface area (Å²) in [5, 5.41) is 0. The average Bonchev–Trinajstić information content (AvgIpc) is 2.12. The summed E-state index contributed by atoms with van der Waals surface area (Å²) in [5.41, 5.74) is -0.499. The summed E-state index contributed by atoms with van der Waals surface area (Å²) in [7, 11) is 0. The molecule has 0 radical (unpaired) electrons. The third kappa shape index (κ3) is 0.843. The van der Waals surface area contributed by atoms with Crippen molar-refractivity contribution in [3.05, 3.63) is 0 Å². The van der Waals surface area contributed by atoms with Crippen LogP contribution in [-0.2, 0) is 0 Å². The second-order valence-electron chi connectivity index (χ2n) is 5.47. The van der Waals surface area contributed by atoms with E-state index in [-0.39, 0.29) is 5.41 Å². The van der Waals surface area contributed by atoms with Crippen molar-refractivity contribution in [3.63, 3.8) is 0 Å². The molecule has 0 spiro atoms. The van der Waals surface area contributed by atoms with Crippen LogP contribution >= 0.6 is 0 Å². The van der Waals surface area contributed by atoms with Gasteiger partial charge in [-0.1, -0.05) is 27.6 Å². The Hall–Kier alpha value is 0. The van der Waals surface area contributed by atoms with E-state index in [0.29, 0.717) is 11.8 Å². The maximum Gasteiger partial charge on any atom is 0.0236 e. The first kappa shape index (κ1) is 5.67. The molecule has 0 heteroatoms. The molecule has 0 heterocycles. The summed E-state index contributed by atoms with van der Waals surface area (Å²) < 4.78 is 23.6. The number of hydrogen-bond acceptors (Lipinski definition) is 0. The minimum absolute atomic E-state index is 0.0284. The zero-order valence-corrected chi connectivity index (χ0v) is 8.48. The Labute approximate surface area is 81.0 Å². The van der Waals surface area contributed by atoms with Crippen LogP contribution < -0.4 is 0 Å². The first-order valence-electron chi connectivity index (χ1n) is 6.71. The lowest BCUT2D eigenvalue weighted by Gasteiger charge is -2.60. The molecule has 0 N–H and O–H groups in total. The Balaban J connectivity index is 2.46. The molecule has 0 aromatic heterocycles. The molecule has 3 aliphatic rings. The highest BCUT2D eigenvalue weighted by atomic mass is 14.6. The van der Waals surface area contributed by atoms with Crippen LogP contribution in [0.2, 0.25) is 0 Å². The second kappa shape index (κ2) is 2.27. The predicted molar refractivity (Wildman–Crippen MR) is 53.0 cm³/mol. The molecule has 0 aliphatic heterocycles. The van der Waals surface area contributed by atoms with Gasteiger partial charge in [-0.15, -0.1) is 0 Å². The van der Waals surface area contributed by atoms with Gasteiger partial charge in [-0.3, -0.25) is 0 Å². The predicted octanol–water partition coefficient (Wildman–Crippen LogP) is 3.86. The van der Waals surface area contributed by atoms with Crippen molar-refractivity contribution in [3.8, 4) is 0 Å². The number of hydrogen-bond donors (Lipinski definition) is 0. The maximum atomic E-state index is 7.87. The summed E-state index contributed by atoms with van der Waals surface area (Å²) in [4.78, 5) is 0. The van der Waals surface area contributed by atoms with Gasteiger partial charge in [0.05, 0.1) is 0 Å². The summed E-state index contributed by atoms with van der Waals surface area (Å²) in [6.45, 7) is 4.56. The van der Waals surface area contributed by atoms with Gasteiger partial charge in [0.25, 0.3) is 0 Å². The SMILES string of the molecule is [2H]C([2H])([2H])[C@]1(C)C2CCC(CC2)C1(C)C. The largest absolute Gasteiger partial charge is 0.0591 e. The molecule has 3 rings (SSSR count). The molecule has 0 unspecified atom stereocenters. The fraction of sp³-hybridized carbons (Fsp3) is 1.00. The normalized spacial score (nSPS) is 55.8. The first-order chi connectivity index (χ1) is 6.71. The molecule has 0 amide bonds. The zero-order valence-electron chi connectivity index (χ0n) is 11.5. The van der Waals surface area contributed by atoms with E-state index in [1.54, 1.807) is 0 Å². The lowest BCUT2D eigenvalue weighted by atomic mass is 9.45. The molecular formula is C12H22. The van der Waals surface area contributed by atoms with Crippen LogP contribution in [0.1, 0.15) is 57.4 Å². The van der Waals surface area contributed by atoms with Crippen LogP contribution in [0.3, 0.4) is 0 Å². The van der Waals surface area contributed by atoms with Gasteiger partial charge in [-0.2, -0.15) is 0 Å². The minimum Gasteiger partial charge on any atom is -0.0591 e. The summed E-state index contributed by atoms with van der Waals surface area (Å²) in [6.07, 6.45) is 4.73. The fourth-order valence-electron chi connectivity index (χ4n) is 3.34. The standard InChI is InChI=1S/C12H22/c1-11(2)9-5-7-10(8-6-9)12(11,3)4/h9-10H,5-8H2,1-4H3/i1D3/t9?,10?,11-/m0/s1. The molecule has 0 nitrogen and oxygen atoms in total. The quantitative estimate of drug-likeness (QED) is 0.516. The topological polar surface area (TPSA) is 0 Å². The minimum atomic E-state index is -1.81. The van der Waals surface area contributed by atoms with Gasteiger partial charge < -0.3 is 0 Å². The van der Waals surface area contributed by atoms with E-state index < -0.39 is 12.3 Å². The van der Waals surface area contributed by atoms with Crippen LogP contribution in [-0.4, -0.2) is 0 Å². The van der Waals surface area contributed by atoms with E-state index in [0.717, 1.165) is 12.8 Å². The van der Waals surface area contributed by atoms with Gasteiger partial charge in [-0.25, -0.2) is 0 Å². The third-order valence-electron chi connectivity index (χ3n) is 4.90. The molecular weight excluding hydrogens is 144 g/mol. The van der Waals surface area contributed by atoms with Crippen LogP contribution in [0.15, 0.2) is 0 Å². The van der Waals surface area contributed by atoms with Crippen molar-refractivity contribution < 1.29 is 4.11 Å². The highest BCUT2D eigenvalue weighted by Gasteiger charge is 2.53. The molecule has 70 valence electrons. The Morgan fingerprint density at radius 3 is 1.58 bits per heavy atom. The van der Waals surface area contributed by atoms with E-state index in [4.69, 9.17) is 4.11 Å². The molecule has 0 aromatic carbocycles. The molecule has 3 saturated carbocycles. The monoisotopic (exact) mass is 169 g/mol. The molecule has 12 heavy (non-hydrogen) atoms. The Morgan fingerprint density at radius 1 is 0.917 bits per heavy atom. The van der Waals surface area contributed by atoms with Crippen LogP contribution in [0.25, 0.3) is 0 Å². The lowest BCUT2D eigenvalue weighted by Crippen LogP contribution is -2.51. The van der Waals surface area contributed by atoms with Crippen molar-refractivity contribution >= 4 is 0 Å². The van der Waals surface area contributed by atoms with E-state index in [1.165, 1.54) is 12.8 Å². The first-order valence-corrected chi connectivity index (χ1v) is 5.21. The van der Waals surface area contributed by atoms with Gasteiger partial charge >= 0.3 is 0 Å². The third-order valence-corrected chi connectivity index (χ3v) is 4.90. The Kier molecular flexibility index (Phi) is 1.07. The molecule has 0 aromatic rings. The number of rotatable bonds is 0. The molecule has 2 bridgehead atoms. The van der Waals surface area contributed by atoms with E-state index in [2.05, 4.69) is 13.8 Å². The molecule has 3 aliphatic carbocycles. The van der Waals surface area contributed by atoms with Crippen molar-refractivity contribution in [2.75, 3.05) is 0 Å². The summed E-state index contributed by atoms with van der Waals surface area (Å²) in [6, 6.07) is 0. The van der Waals surface area contributed by atoms with Gasteiger partial charge in [-0.05, 0) is 48.3 Å². The maximum absolute atomic E-state index is 7.87. The van der Waals surface area contributed by atoms with E-state index in [9.17, 15) is 0 Å². The van der Waals surface area contributed by atoms with Gasteiger partial charge in [0.15, 0.2) is 0 Å². The molecule has 3 fully saturated rings. The average molecular weight is 169 g/mol. The van der Waals surface area contributed by atoms with Gasteiger partial charge in [0.1, 0.15) is 0 Å². The molecule has 1 atom stereocenters. The van der Waals surface area contributed by atoms with Crippen LogP contribution in [0.5, 0.6) is 0 Å². The summed E-state index contributed by atoms with van der Waals surface area (Å²) >= 11 is 0. The smallest absolute Gasteiger partial charge is 0.0236 e. The van der Waals surface area contributed by atoms with Crippen LogP contribution in [0.4, 0.5) is 0 Å². The van der Waals surface area contributed by atoms with Crippen molar-refractivity contribution in [1.29, 1.82) is 0 Å². The zero-order chi connectivity index (χ0) is 11.5. The summed E-state index contributed by atoms with van der Waals surface area (Å²) in [5.74, 6) is 1.03. The van der Waals surface area contributed by atoms with Gasteiger partial charge in [0, 0.05) is 4.11 Å². The number of fused-ring (bicyclic) bond motifs is 3. The van der Waals surface area contributed by atoms with Gasteiger partial charge in [0.2, 0.25) is 0 Å². The highest BCUT2D eigenvalue weighted by Crippen LogP contribution is 2.62.